The highest BCUT2D eigenvalue weighted by atomic mass is 35.5. The van der Waals surface area contributed by atoms with Crippen LogP contribution < -0.4 is 9.47 Å². The van der Waals surface area contributed by atoms with Gasteiger partial charge in [-0.1, -0.05) is 12.1 Å². The molecule has 142 valence electrons. The summed E-state index contributed by atoms with van der Waals surface area (Å²) in [5, 5.41) is 9.99. The van der Waals surface area contributed by atoms with E-state index in [1.54, 1.807) is 14.2 Å². The van der Waals surface area contributed by atoms with E-state index >= 15 is 0 Å². The maximum absolute atomic E-state index is 9.99. The largest absolute Gasteiger partial charge is 0.507 e. The Balaban J connectivity index is 0.00000243. The van der Waals surface area contributed by atoms with Crippen molar-refractivity contribution in [1.29, 1.82) is 0 Å². The maximum Gasteiger partial charge on any atom is 0.161 e. The first-order valence-corrected chi connectivity index (χ1v) is 8.72. The average Bonchev–Trinajstić information content (AvgIpc) is 2.61. The molecule has 2 aromatic rings. The number of halogens is 1. The highest BCUT2D eigenvalue weighted by Gasteiger charge is 2.26. The number of benzene rings is 2. The van der Waals surface area contributed by atoms with Crippen LogP contribution in [0.4, 0.5) is 0 Å². The Labute approximate surface area is 162 Å². The van der Waals surface area contributed by atoms with Crippen molar-refractivity contribution in [2.75, 3.05) is 20.8 Å². The molecule has 5 heteroatoms. The first-order chi connectivity index (χ1) is 11.9. The molecule has 1 N–H and O–H groups in total. The molecule has 1 unspecified atom stereocenters. The fourth-order valence-corrected chi connectivity index (χ4v) is 3.78. The Kier molecular flexibility index (Phi) is 6.43. The number of phenolic OH excluding ortho intramolecular Hbond substituents is 1. The molecule has 0 aromatic heterocycles. The van der Waals surface area contributed by atoms with Gasteiger partial charge in [0.05, 0.1) is 14.2 Å². The molecule has 0 saturated carbocycles. The van der Waals surface area contributed by atoms with Crippen LogP contribution in [-0.4, -0.2) is 30.8 Å². The second kappa shape index (κ2) is 8.19. The quantitative estimate of drug-likeness (QED) is 0.847. The van der Waals surface area contributed by atoms with Gasteiger partial charge >= 0.3 is 0 Å². The van der Waals surface area contributed by atoms with E-state index in [0.29, 0.717) is 11.8 Å². The van der Waals surface area contributed by atoms with Crippen LogP contribution in [0.2, 0.25) is 0 Å². The summed E-state index contributed by atoms with van der Waals surface area (Å²) in [6.45, 7) is 8.03. The van der Waals surface area contributed by atoms with E-state index in [1.807, 2.05) is 13.8 Å². The van der Waals surface area contributed by atoms with Crippen molar-refractivity contribution in [2.24, 2.45) is 0 Å². The van der Waals surface area contributed by atoms with Crippen LogP contribution in [0.15, 0.2) is 24.3 Å². The summed E-state index contributed by atoms with van der Waals surface area (Å²) in [4.78, 5) is 2.47. The number of fused-ring (bicyclic) bond motifs is 1. The van der Waals surface area contributed by atoms with Crippen LogP contribution in [-0.2, 0) is 13.0 Å². The molecule has 26 heavy (non-hydrogen) atoms. The Morgan fingerprint density at radius 1 is 1.04 bits per heavy atom. The van der Waals surface area contributed by atoms with Gasteiger partial charge in [-0.15, -0.1) is 12.4 Å². The van der Waals surface area contributed by atoms with Crippen molar-refractivity contribution in [3.8, 4) is 17.2 Å². The van der Waals surface area contributed by atoms with E-state index in [1.165, 1.54) is 16.7 Å². The Morgan fingerprint density at radius 3 is 2.19 bits per heavy atom. The number of aromatic hydroxyl groups is 1. The molecule has 1 atom stereocenters. The zero-order chi connectivity index (χ0) is 18.1. The van der Waals surface area contributed by atoms with Crippen molar-refractivity contribution >= 4 is 12.4 Å². The number of rotatable bonds is 4. The van der Waals surface area contributed by atoms with E-state index in [2.05, 4.69) is 36.1 Å². The van der Waals surface area contributed by atoms with Crippen molar-refractivity contribution in [3.05, 3.63) is 52.1 Å². The lowest BCUT2D eigenvalue weighted by atomic mass is 9.92. The van der Waals surface area contributed by atoms with E-state index in [-0.39, 0.29) is 12.4 Å². The normalized spacial score (nSPS) is 16.6. The molecule has 1 aliphatic heterocycles. The van der Waals surface area contributed by atoms with Gasteiger partial charge in [-0.25, -0.2) is 0 Å². The minimum absolute atomic E-state index is 0. The number of ether oxygens (including phenoxy) is 2. The summed E-state index contributed by atoms with van der Waals surface area (Å²) >= 11 is 0. The molecule has 1 aliphatic rings. The summed E-state index contributed by atoms with van der Waals surface area (Å²) in [6, 6.07) is 8.69. The second-order valence-corrected chi connectivity index (χ2v) is 6.88. The number of nitrogens with zero attached hydrogens (tertiary/aromatic N) is 1. The molecular weight excluding hydrogens is 350 g/mol. The third kappa shape index (κ3) is 3.76. The average molecular weight is 378 g/mol. The molecule has 0 aliphatic carbocycles. The zero-order valence-electron chi connectivity index (χ0n) is 16.1. The molecule has 0 spiro atoms. The highest BCUT2D eigenvalue weighted by molar-refractivity contribution is 5.85. The van der Waals surface area contributed by atoms with Gasteiger partial charge in [-0.3, -0.25) is 4.90 Å². The van der Waals surface area contributed by atoms with Gasteiger partial charge in [-0.2, -0.15) is 0 Å². The van der Waals surface area contributed by atoms with E-state index in [9.17, 15) is 5.11 Å². The first-order valence-electron chi connectivity index (χ1n) is 8.72. The number of aryl methyl sites for hydroxylation is 2. The lowest BCUT2D eigenvalue weighted by molar-refractivity contribution is 0.188. The van der Waals surface area contributed by atoms with Gasteiger partial charge in [0.15, 0.2) is 11.5 Å². The Hall–Kier alpha value is -1.91. The SMILES string of the molecule is COc1cc2c(cc1OC)C(C)N(Cc1cc(C)c(O)c(C)c1)CC2.Cl. The molecule has 0 amide bonds. The fourth-order valence-electron chi connectivity index (χ4n) is 3.78. The topological polar surface area (TPSA) is 41.9 Å². The third-order valence-electron chi connectivity index (χ3n) is 5.25. The molecule has 0 bridgehead atoms. The number of phenols is 1. The monoisotopic (exact) mass is 377 g/mol. The Morgan fingerprint density at radius 2 is 1.62 bits per heavy atom. The lowest BCUT2D eigenvalue weighted by Crippen LogP contribution is -2.33. The summed E-state index contributed by atoms with van der Waals surface area (Å²) in [6.07, 6.45) is 0.996. The van der Waals surface area contributed by atoms with E-state index in [4.69, 9.17) is 9.47 Å². The van der Waals surface area contributed by atoms with E-state index in [0.717, 1.165) is 42.1 Å². The number of methoxy groups -OCH3 is 2. The predicted molar refractivity (Wildman–Crippen MR) is 107 cm³/mol. The summed E-state index contributed by atoms with van der Waals surface area (Å²) in [5.74, 6) is 1.98. The van der Waals surface area contributed by atoms with Gasteiger partial charge in [0.1, 0.15) is 5.75 Å². The summed E-state index contributed by atoms with van der Waals surface area (Å²) in [5.41, 5.74) is 5.75. The standard InChI is InChI=1S/C21H27NO3.ClH/c1-13-8-16(9-14(2)21(13)23)12-22-7-6-17-10-19(24-4)20(25-5)11-18(17)15(22)3;/h8-11,15,23H,6-7,12H2,1-5H3;1H. The van der Waals surface area contributed by atoms with Gasteiger partial charge in [-0.05, 0) is 67.1 Å². The summed E-state index contributed by atoms with van der Waals surface area (Å²) in [7, 11) is 3.36. The fraction of sp³-hybridized carbons (Fsp3) is 0.429. The zero-order valence-corrected chi connectivity index (χ0v) is 16.9. The second-order valence-electron chi connectivity index (χ2n) is 6.88. The minimum atomic E-state index is 0. The molecule has 0 fully saturated rings. The van der Waals surface area contributed by atoms with Gasteiger partial charge in [0.2, 0.25) is 0 Å². The van der Waals surface area contributed by atoms with Crippen LogP contribution in [0.1, 0.15) is 40.8 Å². The minimum Gasteiger partial charge on any atom is -0.507 e. The van der Waals surface area contributed by atoms with Gasteiger partial charge in [0, 0.05) is 19.1 Å². The Bertz CT molecular complexity index is 768. The molecule has 2 aromatic carbocycles. The molecular formula is C21H28ClNO3. The highest BCUT2D eigenvalue weighted by Crippen LogP contribution is 2.38. The van der Waals surface area contributed by atoms with Gasteiger partial charge in [0.25, 0.3) is 0 Å². The smallest absolute Gasteiger partial charge is 0.161 e. The lowest BCUT2D eigenvalue weighted by Gasteiger charge is -2.36. The molecule has 3 rings (SSSR count). The summed E-state index contributed by atoms with van der Waals surface area (Å²) < 4.78 is 10.9. The third-order valence-corrected chi connectivity index (χ3v) is 5.25. The molecule has 0 radical (unpaired) electrons. The van der Waals surface area contributed by atoms with Crippen LogP contribution in [0.3, 0.4) is 0 Å². The van der Waals surface area contributed by atoms with Crippen molar-refractivity contribution in [1.82, 2.24) is 4.90 Å². The first kappa shape index (κ1) is 20.4. The van der Waals surface area contributed by atoms with E-state index < -0.39 is 0 Å². The van der Waals surface area contributed by atoms with Crippen molar-refractivity contribution in [3.63, 3.8) is 0 Å². The van der Waals surface area contributed by atoms with Crippen molar-refractivity contribution < 1.29 is 14.6 Å². The van der Waals surface area contributed by atoms with Crippen LogP contribution in [0.25, 0.3) is 0 Å². The van der Waals surface area contributed by atoms with Gasteiger partial charge < -0.3 is 14.6 Å². The number of hydrogen-bond donors (Lipinski definition) is 1. The number of hydrogen-bond acceptors (Lipinski definition) is 4. The molecule has 0 saturated heterocycles. The molecule has 4 nitrogen and oxygen atoms in total. The van der Waals surface area contributed by atoms with Crippen LogP contribution >= 0.6 is 12.4 Å². The van der Waals surface area contributed by atoms with Crippen molar-refractivity contribution in [2.45, 2.75) is 39.8 Å². The maximum atomic E-state index is 9.99. The van der Waals surface area contributed by atoms with Crippen LogP contribution in [0.5, 0.6) is 17.2 Å². The molecule has 1 heterocycles. The van der Waals surface area contributed by atoms with Crippen LogP contribution in [0, 0.1) is 13.8 Å². The predicted octanol–water partition coefficient (Wildman–Crippen LogP) is 4.57.